The van der Waals surface area contributed by atoms with E-state index in [1.165, 1.54) is 0 Å². The molecule has 0 spiro atoms. The summed E-state index contributed by atoms with van der Waals surface area (Å²) in [7, 11) is 0. The van der Waals surface area contributed by atoms with Crippen molar-refractivity contribution < 1.29 is 9.90 Å². The molecule has 1 fully saturated rings. The van der Waals surface area contributed by atoms with E-state index in [0.717, 1.165) is 19.4 Å². The van der Waals surface area contributed by atoms with Crippen LogP contribution in [-0.2, 0) is 0 Å². The van der Waals surface area contributed by atoms with Gasteiger partial charge in [0.05, 0.1) is 5.56 Å². The number of carbonyl (C=O) groups is 1. The third kappa shape index (κ3) is 2.88. The normalized spacial score (nSPS) is 13.7. The fraction of sp³-hybridized carbons (Fsp3) is 0.429. The third-order valence-electron chi connectivity index (χ3n) is 2.89. The second kappa shape index (κ2) is 5.65. The summed E-state index contributed by atoms with van der Waals surface area (Å²) < 4.78 is 0. The molecule has 0 radical (unpaired) electrons. The van der Waals surface area contributed by atoms with Crippen LogP contribution < -0.4 is 0 Å². The molecule has 94 valence electrons. The smallest absolute Gasteiger partial charge is 0.255 e. The van der Waals surface area contributed by atoms with Crippen molar-refractivity contribution in [1.82, 2.24) is 9.88 Å². The van der Waals surface area contributed by atoms with E-state index in [-0.39, 0.29) is 12.5 Å². The maximum atomic E-state index is 12.3. The average Bonchev–Trinajstić information content (AvgIpc) is 3.22. The van der Waals surface area contributed by atoms with Crippen LogP contribution in [0.2, 0.25) is 0 Å². The first kappa shape index (κ1) is 12.6. The van der Waals surface area contributed by atoms with Gasteiger partial charge in [-0.15, -0.1) is 0 Å². The first-order chi connectivity index (χ1) is 8.76. The standard InChI is InChI=1S/C14H16N2O2/c1-2-16(13-5-6-13)14(18)12-8-11(4-3-7-17)9-15-10-12/h8-10,13,17H,2,5-7H2,1H3. The largest absolute Gasteiger partial charge is 0.384 e. The molecule has 0 unspecified atom stereocenters. The molecule has 0 aromatic carbocycles. The van der Waals surface area contributed by atoms with Crippen molar-refractivity contribution >= 4 is 5.91 Å². The highest BCUT2D eigenvalue weighted by atomic mass is 16.2. The van der Waals surface area contributed by atoms with E-state index in [4.69, 9.17) is 5.11 Å². The Hall–Kier alpha value is -1.86. The van der Waals surface area contributed by atoms with Gasteiger partial charge in [-0.3, -0.25) is 9.78 Å². The molecule has 18 heavy (non-hydrogen) atoms. The molecule has 0 bridgehead atoms. The summed E-state index contributed by atoms with van der Waals surface area (Å²) in [4.78, 5) is 18.2. The van der Waals surface area contributed by atoms with Crippen LogP contribution in [0.3, 0.4) is 0 Å². The van der Waals surface area contributed by atoms with Gasteiger partial charge in [0.2, 0.25) is 0 Å². The number of nitrogens with zero attached hydrogens (tertiary/aromatic N) is 2. The Labute approximate surface area is 107 Å². The number of aliphatic hydroxyl groups is 1. The Bertz CT molecular complexity index is 498. The molecule has 4 heteroatoms. The van der Waals surface area contributed by atoms with Crippen molar-refractivity contribution in [1.29, 1.82) is 0 Å². The van der Waals surface area contributed by atoms with Crippen molar-refractivity contribution in [2.24, 2.45) is 0 Å². The molecule has 1 aliphatic rings. The molecule has 1 aromatic rings. The highest BCUT2D eigenvalue weighted by molar-refractivity contribution is 5.94. The van der Waals surface area contributed by atoms with E-state index in [9.17, 15) is 4.79 Å². The summed E-state index contributed by atoms with van der Waals surface area (Å²) in [6, 6.07) is 2.12. The van der Waals surface area contributed by atoms with Gasteiger partial charge >= 0.3 is 0 Å². The molecule has 0 aliphatic heterocycles. The molecule has 1 aliphatic carbocycles. The van der Waals surface area contributed by atoms with E-state index in [1.54, 1.807) is 18.5 Å². The highest BCUT2D eigenvalue weighted by Gasteiger charge is 2.31. The number of pyridine rings is 1. The van der Waals surface area contributed by atoms with Crippen LogP contribution in [0.4, 0.5) is 0 Å². The molecule has 0 saturated heterocycles. The summed E-state index contributed by atoms with van der Waals surface area (Å²) >= 11 is 0. The summed E-state index contributed by atoms with van der Waals surface area (Å²) in [5, 5.41) is 8.64. The predicted molar refractivity (Wildman–Crippen MR) is 67.9 cm³/mol. The zero-order valence-corrected chi connectivity index (χ0v) is 10.4. The second-order valence-electron chi connectivity index (χ2n) is 4.24. The number of carbonyl (C=O) groups excluding carboxylic acids is 1. The van der Waals surface area contributed by atoms with Crippen molar-refractivity contribution in [2.75, 3.05) is 13.2 Å². The minimum absolute atomic E-state index is 0.0140. The number of hydrogen-bond acceptors (Lipinski definition) is 3. The van der Waals surface area contributed by atoms with E-state index in [1.807, 2.05) is 11.8 Å². The third-order valence-corrected chi connectivity index (χ3v) is 2.89. The lowest BCUT2D eigenvalue weighted by Gasteiger charge is -2.20. The van der Waals surface area contributed by atoms with Crippen LogP contribution in [0.5, 0.6) is 0 Å². The van der Waals surface area contributed by atoms with Crippen molar-refractivity contribution in [3.8, 4) is 11.8 Å². The van der Waals surface area contributed by atoms with Gasteiger partial charge in [-0.2, -0.15) is 0 Å². The van der Waals surface area contributed by atoms with Gasteiger partial charge in [-0.05, 0) is 25.8 Å². The Morgan fingerprint density at radius 3 is 2.94 bits per heavy atom. The molecular weight excluding hydrogens is 228 g/mol. The fourth-order valence-corrected chi connectivity index (χ4v) is 1.89. The van der Waals surface area contributed by atoms with Gasteiger partial charge < -0.3 is 10.0 Å². The first-order valence-electron chi connectivity index (χ1n) is 6.12. The van der Waals surface area contributed by atoms with Crippen LogP contribution >= 0.6 is 0 Å². The number of aromatic nitrogens is 1. The lowest BCUT2D eigenvalue weighted by atomic mass is 10.2. The zero-order valence-electron chi connectivity index (χ0n) is 10.4. The number of hydrogen-bond donors (Lipinski definition) is 1. The van der Waals surface area contributed by atoms with Crippen molar-refractivity contribution in [3.63, 3.8) is 0 Å². The molecule has 1 aromatic heterocycles. The fourth-order valence-electron chi connectivity index (χ4n) is 1.89. The van der Waals surface area contributed by atoms with Gasteiger partial charge in [0.1, 0.15) is 6.61 Å². The molecule has 2 rings (SSSR count). The highest BCUT2D eigenvalue weighted by Crippen LogP contribution is 2.27. The molecular formula is C14H16N2O2. The zero-order chi connectivity index (χ0) is 13.0. The van der Waals surface area contributed by atoms with Gasteiger partial charge in [0.15, 0.2) is 0 Å². The first-order valence-corrected chi connectivity index (χ1v) is 6.12. The van der Waals surface area contributed by atoms with Crippen LogP contribution in [0.1, 0.15) is 35.7 Å². The minimum Gasteiger partial charge on any atom is -0.384 e. The van der Waals surface area contributed by atoms with Gasteiger partial charge in [-0.1, -0.05) is 11.8 Å². The Balaban J connectivity index is 2.19. The van der Waals surface area contributed by atoms with E-state index >= 15 is 0 Å². The molecule has 1 heterocycles. The summed E-state index contributed by atoms with van der Waals surface area (Å²) in [5.74, 6) is 5.32. The van der Waals surface area contributed by atoms with Crippen LogP contribution in [0.25, 0.3) is 0 Å². The molecule has 1 N–H and O–H groups in total. The lowest BCUT2D eigenvalue weighted by molar-refractivity contribution is 0.0752. The minimum atomic E-state index is -0.193. The summed E-state index contributed by atoms with van der Waals surface area (Å²) in [6.07, 6.45) is 5.35. The second-order valence-corrected chi connectivity index (χ2v) is 4.24. The van der Waals surface area contributed by atoms with Gasteiger partial charge in [0.25, 0.3) is 5.91 Å². The van der Waals surface area contributed by atoms with E-state index in [0.29, 0.717) is 17.2 Å². The lowest BCUT2D eigenvalue weighted by Crippen LogP contribution is -2.32. The Morgan fingerprint density at radius 1 is 1.56 bits per heavy atom. The quantitative estimate of drug-likeness (QED) is 0.809. The molecule has 0 atom stereocenters. The van der Waals surface area contributed by atoms with Gasteiger partial charge in [0, 0.05) is 30.5 Å². The topological polar surface area (TPSA) is 53.4 Å². The van der Waals surface area contributed by atoms with Gasteiger partial charge in [-0.25, -0.2) is 0 Å². The maximum Gasteiger partial charge on any atom is 0.255 e. The summed E-state index contributed by atoms with van der Waals surface area (Å²) in [6.45, 7) is 2.51. The van der Waals surface area contributed by atoms with Crippen LogP contribution in [0.15, 0.2) is 18.5 Å². The summed E-state index contributed by atoms with van der Waals surface area (Å²) in [5.41, 5.74) is 1.22. The Kier molecular flexibility index (Phi) is 3.96. The molecule has 1 saturated carbocycles. The number of amides is 1. The SMILES string of the molecule is CCN(C(=O)c1cncc(C#CCO)c1)C1CC1. The number of aliphatic hydroxyl groups excluding tert-OH is 1. The monoisotopic (exact) mass is 244 g/mol. The molecule has 4 nitrogen and oxygen atoms in total. The van der Waals surface area contributed by atoms with E-state index < -0.39 is 0 Å². The Morgan fingerprint density at radius 2 is 2.33 bits per heavy atom. The molecule has 1 amide bonds. The number of rotatable bonds is 3. The van der Waals surface area contributed by atoms with Crippen molar-refractivity contribution in [3.05, 3.63) is 29.6 Å². The average molecular weight is 244 g/mol. The predicted octanol–water partition coefficient (Wildman–Crippen LogP) is 1.05. The van der Waals surface area contributed by atoms with Crippen molar-refractivity contribution in [2.45, 2.75) is 25.8 Å². The van der Waals surface area contributed by atoms with E-state index in [2.05, 4.69) is 16.8 Å². The maximum absolute atomic E-state index is 12.3. The van der Waals surface area contributed by atoms with Crippen LogP contribution in [-0.4, -0.2) is 40.1 Å². The van der Waals surface area contributed by atoms with Crippen LogP contribution in [0, 0.1) is 11.8 Å².